The predicted octanol–water partition coefficient (Wildman–Crippen LogP) is 0.909. The van der Waals surface area contributed by atoms with E-state index in [1.807, 2.05) is 6.26 Å². The van der Waals surface area contributed by atoms with Crippen molar-refractivity contribution in [2.24, 2.45) is 0 Å². The van der Waals surface area contributed by atoms with Gasteiger partial charge < -0.3 is 15.3 Å². The summed E-state index contributed by atoms with van der Waals surface area (Å²) in [6.45, 7) is 0.604. The zero-order valence-electron chi connectivity index (χ0n) is 9.14. The molecule has 0 saturated carbocycles. The van der Waals surface area contributed by atoms with E-state index in [4.69, 9.17) is 5.11 Å². The van der Waals surface area contributed by atoms with Crippen LogP contribution >= 0.6 is 23.5 Å². The number of thioether (sulfide) groups is 2. The number of nitrogens with zero attached hydrogens (tertiary/aromatic N) is 1. The first-order valence-electron chi connectivity index (χ1n) is 5.00. The molecule has 0 radical (unpaired) electrons. The van der Waals surface area contributed by atoms with Crippen LogP contribution in [0.25, 0.3) is 0 Å². The SMILES string of the molecule is CSCCCNC(=O)N1CSCC1C(=O)O. The molecule has 1 aliphatic heterocycles. The molecular formula is C9H16N2O3S2. The lowest BCUT2D eigenvalue weighted by Gasteiger charge is -2.20. The molecule has 0 bridgehead atoms. The fourth-order valence-corrected chi connectivity index (χ4v) is 2.94. The van der Waals surface area contributed by atoms with Gasteiger partial charge in [-0.15, -0.1) is 11.8 Å². The third-order valence-electron chi connectivity index (χ3n) is 2.23. The van der Waals surface area contributed by atoms with Crippen LogP contribution in [0.3, 0.4) is 0 Å². The van der Waals surface area contributed by atoms with Crippen LogP contribution in [-0.2, 0) is 4.79 Å². The van der Waals surface area contributed by atoms with E-state index in [-0.39, 0.29) is 6.03 Å². The van der Waals surface area contributed by atoms with Crippen LogP contribution in [0.5, 0.6) is 0 Å². The van der Waals surface area contributed by atoms with Crippen molar-refractivity contribution >= 4 is 35.5 Å². The molecule has 1 heterocycles. The second-order valence-electron chi connectivity index (χ2n) is 3.40. The quantitative estimate of drug-likeness (QED) is 0.722. The van der Waals surface area contributed by atoms with Crippen molar-refractivity contribution in [3.05, 3.63) is 0 Å². The van der Waals surface area contributed by atoms with Gasteiger partial charge in [-0.3, -0.25) is 0 Å². The summed E-state index contributed by atoms with van der Waals surface area (Å²) in [4.78, 5) is 23.9. The van der Waals surface area contributed by atoms with Gasteiger partial charge in [0.1, 0.15) is 6.04 Å². The Hall–Kier alpha value is -0.560. The van der Waals surface area contributed by atoms with Crippen LogP contribution in [0.2, 0.25) is 0 Å². The molecule has 0 aromatic carbocycles. The zero-order chi connectivity index (χ0) is 12.0. The first-order chi connectivity index (χ1) is 7.66. The molecule has 1 saturated heterocycles. The van der Waals surface area contributed by atoms with Gasteiger partial charge >= 0.3 is 12.0 Å². The number of urea groups is 1. The van der Waals surface area contributed by atoms with Gasteiger partial charge in [0.05, 0.1) is 5.88 Å². The number of carbonyl (C=O) groups is 2. The average molecular weight is 264 g/mol. The number of hydrogen-bond donors (Lipinski definition) is 2. The summed E-state index contributed by atoms with van der Waals surface area (Å²) in [7, 11) is 0. The average Bonchev–Trinajstić information content (AvgIpc) is 2.73. The highest BCUT2D eigenvalue weighted by atomic mass is 32.2. The predicted molar refractivity (Wildman–Crippen MR) is 67.0 cm³/mol. The van der Waals surface area contributed by atoms with Crippen LogP contribution in [0.4, 0.5) is 4.79 Å². The van der Waals surface area contributed by atoms with Crippen LogP contribution in [0.15, 0.2) is 0 Å². The van der Waals surface area contributed by atoms with E-state index in [0.717, 1.165) is 12.2 Å². The largest absolute Gasteiger partial charge is 0.480 e. The number of amides is 2. The van der Waals surface area contributed by atoms with E-state index >= 15 is 0 Å². The Kier molecular flexibility index (Phi) is 5.83. The molecular weight excluding hydrogens is 248 g/mol. The molecule has 1 rings (SSSR count). The number of nitrogens with one attached hydrogen (secondary N) is 1. The molecule has 1 atom stereocenters. The highest BCUT2D eigenvalue weighted by Gasteiger charge is 2.34. The lowest BCUT2D eigenvalue weighted by Crippen LogP contribution is -2.47. The van der Waals surface area contributed by atoms with Gasteiger partial charge in [-0.05, 0) is 18.4 Å². The maximum Gasteiger partial charge on any atom is 0.327 e. The Morgan fingerprint density at radius 3 is 3.00 bits per heavy atom. The Labute approximate surface area is 103 Å². The maximum atomic E-state index is 11.7. The van der Waals surface area contributed by atoms with Crippen molar-refractivity contribution < 1.29 is 14.7 Å². The Morgan fingerprint density at radius 2 is 2.38 bits per heavy atom. The standard InChI is InChI=1S/C9H16N2O3S2/c1-15-4-2-3-10-9(14)11-6-16-5-7(11)8(12)13/h7H,2-6H2,1H3,(H,10,14)(H,12,13). The number of aliphatic carboxylic acids is 1. The Balaban J connectivity index is 2.32. The molecule has 1 unspecified atom stereocenters. The topological polar surface area (TPSA) is 69.6 Å². The van der Waals surface area contributed by atoms with Crippen molar-refractivity contribution in [3.8, 4) is 0 Å². The van der Waals surface area contributed by atoms with Gasteiger partial charge in [-0.2, -0.15) is 11.8 Å². The maximum absolute atomic E-state index is 11.7. The summed E-state index contributed by atoms with van der Waals surface area (Å²) in [5.74, 6) is 1.01. The molecule has 0 aromatic heterocycles. The first-order valence-corrected chi connectivity index (χ1v) is 7.55. The molecule has 1 aliphatic rings. The van der Waals surface area contributed by atoms with Gasteiger partial charge in [0.2, 0.25) is 0 Å². The molecule has 7 heteroatoms. The van der Waals surface area contributed by atoms with Crippen molar-refractivity contribution in [3.63, 3.8) is 0 Å². The van der Waals surface area contributed by atoms with Crippen LogP contribution in [0.1, 0.15) is 6.42 Å². The van der Waals surface area contributed by atoms with Gasteiger partial charge in [-0.25, -0.2) is 9.59 Å². The smallest absolute Gasteiger partial charge is 0.327 e. The molecule has 0 aromatic rings. The van der Waals surface area contributed by atoms with Crippen molar-refractivity contribution in [1.29, 1.82) is 0 Å². The van der Waals surface area contributed by atoms with Crippen LogP contribution in [-0.4, -0.2) is 58.2 Å². The van der Waals surface area contributed by atoms with E-state index in [9.17, 15) is 9.59 Å². The summed E-state index contributed by atoms with van der Waals surface area (Å²) in [6, 6.07) is -0.941. The van der Waals surface area contributed by atoms with E-state index in [0.29, 0.717) is 18.2 Å². The van der Waals surface area contributed by atoms with Crippen LogP contribution < -0.4 is 5.32 Å². The molecule has 2 N–H and O–H groups in total. The Morgan fingerprint density at radius 1 is 1.62 bits per heavy atom. The third kappa shape index (κ3) is 3.79. The summed E-state index contributed by atoms with van der Waals surface area (Å²) in [5.41, 5.74) is 0. The summed E-state index contributed by atoms with van der Waals surface area (Å²) < 4.78 is 0. The highest BCUT2D eigenvalue weighted by molar-refractivity contribution is 7.99. The fraction of sp³-hybridized carbons (Fsp3) is 0.778. The van der Waals surface area contributed by atoms with E-state index in [2.05, 4.69) is 5.32 Å². The molecule has 1 fully saturated rings. The van der Waals surface area contributed by atoms with Crippen LogP contribution in [0, 0.1) is 0 Å². The number of carboxylic acids is 1. The monoisotopic (exact) mass is 264 g/mol. The van der Waals surface area contributed by atoms with Crippen molar-refractivity contribution in [2.75, 3.05) is 30.2 Å². The van der Waals surface area contributed by atoms with E-state index in [1.165, 1.54) is 16.7 Å². The minimum absolute atomic E-state index is 0.265. The van der Waals surface area contributed by atoms with Crippen molar-refractivity contribution in [1.82, 2.24) is 10.2 Å². The number of carboxylic acid groups (broad SMARTS) is 1. The molecule has 16 heavy (non-hydrogen) atoms. The van der Waals surface area contributed by atoms with Gasteiger partial charge in [0.25, 0.3) is 0 Å². The molecule has 0 aliphatic carbocycles. The summed E-state index contributed by atoms with van der Waals surface area (Å²) in [6.07, 6.45) is 2.92. The van der Waals surface area contributed by atoms with Gasteiger partial charge in [0.15, 0.2) is 0 Å². The third-order valence-corrected chi connectivity index (χ3v) is 3.94. The first kappa shape index (κ1) is 13.5. The minimum Gasteiger partial charge on any atom is -0.480 e. The minimum atomic E-state index is -0.927. The van der Waals surface area contributed by atoms with Crippen molar-refractivity contribution in [2.45, 2.75) is 12.5 Å². The normalized spacial score (nSPS) is 19.8. The summed E-state index contributed by atoms with van der Waals surface area (Å²) >= 11 is 3.20. The zero-order valence-corrected chi connectivity index (χ0v) is 10.8. The van der Waals surface area contributed by atoms with Gasteiger partial charge in [0, 0.05) is 12.3 Å². The fourth-order valence-electron chi connectivity index (χ4n) is 1.36. The lowest BCUT2D eigenvalue weighted by molar-refractivity contribution is -0.140. The van der Waals surface area contributed by atoms with E-state index in [1.54, 1.807) is 11.8 Å². The summed E-state index contributed by atoms with van der Waals surface area (Å²) in [5, 5.41) is 11.6. The molecule has 0 spiro atoms. The lowest BCUT2D eigenvalue weighted by atomic mass is 10.3. The number of carbonyl (C=O) groups excluding carboxylic acids is 1. The second-order valence-corrected chi connectivity index (χ2v) is 5.39. The number of rotatable bonds is 5. The van der Waals surface area contributed by atoms with E-state index < -0.39 is 12.0 Å². The molecule has 2 amide bonds. The molecule has 5 nitrogen and oxygen atoms in total. The number of hydrogen-bond acceptors (Lipinski definition) is 4. The van der Waals surface area contributed by atoms with Gasteiger partial charge in [-0.1, -0.05) is 0 Å². The second kappa shape index (κ2) is 6.90. The highest BCUT2D eigenvalue weighted by Crippen LogP contribution is 2.20. The molecule has 92 valence electrons. The Bertz CT molecular complexity index is 263.